The summed E-state index contributed by atoms with van der Waals surface area (Å²) in [6.07, 6.45) is 9.84. The Hall–Kier alpha value is -1.12. The third-order valence-electron chi connectivity index (χ3n) is 5.05. The van der Waals surface area contributed by atoms with E-state index >= 15 is 0 Å². The zero-order chi connectivity index (χ0) is 14.5. The highest BCUT2D eigenvalue weighted by Gasteiger charge is 2.35. The van der Waals surface area contributed by atoms with Crippen LogP contribution in [0.1, 0.15) is 44.2 Å². The van der Waals surface area contributed by atoms with Crippen molar-refractivity contribution in [3.8, 4) is 0 Å². The first kappa shape index (κ1) is 14.8. The minimum Gasteiger partial charge on any atom is -0.297 e. The van der Waals surface area contributed by atoms with Gasteiger partial charge in [0.2, 0.25) is 0 Å². The Kier molecular flexibility index (Phi) is 5.10. The van der Waals surface area contributed by atoms with Crippen molar-refractivity contribution in [1.82, 2.24) is 9.80 Å². The Balaban J connectivity index is 1.75. The van der Waals surface area contributed by atoms with E-state index < -0.39 is 0 Å². The minimum absolute atomic E-state index is 0.575. The average Bonchev–Trinajstić information content (AvgIpc) is 2.55. The number of hydrogen-bond acceptors (Lipinski definition) is 2. The molecule has 2 aliphatic heterocycles. The van der Waals surface area contributed by atoms with Crippen LogP contribution in [0.15, 0.2) is 42.5 Å². The number of rotatable bonds is 4. The van der Waals surface area contributed by atoms with Crippen molar-refractivity contribution in [2.24, 2.45) is 0 Å². The first-order valence-electron chi connectivity index (χ1n) is 8.52. The summed E-state index contributed by atoms with van der Waals surface area (Å²) >= 11 is 0. The molecule has 2 atom stereocenters. The molecule has 0 saturated carbocycles. The highest BCUT2D eigenvalue weighted by atomic mass is 15.3. The first-order valence-corrected chi connectivity index (χ1v) is 8.52. The lowest BCUT2D eigenvalue weighted by molar-refractivity contribution is 0.00890. The van der Waals surface area contributed by atoms with Crippen molar-refractivity contribution in [2.45, 2.75) is 44.7 Å². The second-order valence-corrected chi connectivity index (χ2v) is 6.42. The molecule has 2 fully saturated rings. The highest BCUT2D eigenvalue weighted by molar-refractivity contribution is 5.20. The molecule has 1 aromatic carbocycles. The number of nitrogens with zero attached hydrogens (tertiary/aromatic N) is 2. The molecule has 0 amide bonds. The number of piperazine rings is 1. The topological polar surface area (TPSA) is 6.48 Å². The Labute approximate surface area is 129 Å². The molecule has 1 aromatic rings. The molecule has 2 heteroatoms. The van der Waals surface area contributed by atoms with E-state index in [9.17, 15) is 0 Å². The highest BCUT2D eigenvalue weighted by Crippen LogP contribution is 2.31. The van der Waals surface area contributed by atoms with Crippen LogP contribution >= 0.6 is 0 Å². The molecule has 0 spiro atoms. The maximum absolute atomic E-state index is 2.74. The van der Waals surface area contributed by atoms with E-state index in [1.807, 2.05) is 0 Å². The van der Waals surface area contributed by atoms with Crippen molar-refractivity contribution < 1.29 is 0 Å². The van der Waals surface area contributed by atoms with Crippen LogP contribution < -0.4 is 0 Å². The Morgan fingerprint density at radius 1 is 1.14 bits per heavy atom. The summed E-state index contributed by atoms with van der Waals surface area (Å²) in [7, 11) is 0. The molecular weight excluding hydrogens is 256 g/mol. The second-order valence-electron chi connectivity index (χ2n) is 6.42. The van der Waals surface area contributed by atoms with Gasteiger partial charge in [-0.05, 0) is 38.3 Å². The van der Waals surface area contributed by atoms with Gasteiger partial charge in [-0.1, -0.05) is 48.9 Å². The molecule has 0 bridgehead atoms. The fraction of sp³-hybridized carbons (Fsp3) is 0.579. The van der Waals surface area contributed by atoms with Gasteiger partial charge >= 0.3 is 0 Å². The van der Waals surface area contributed by atoms with Crippen LogP contribution in [0.3, 0.4) is 0 Å². The van der Waals surface area contributed by atoms with Crippen molar-refractivity contribution >= 4 is 0 Å². The van der Waals surface area contributed by atoms with E-state index in [1.165, 1.54) is 57.4 Å². The Bertz CT molecular complexity index is 454. The van der Waals surface area contributed by atoms with E-state index in [0.29, 0.717) is 6.04 Å². The molecule has 0 radical (unpaired) electrons. The number of fused-ring (bicyclic) bond motifs is 1. The number of allylic oxidation sites excluding steroid dienone is 1. The zero-order valence-electron chi connectivity index (χ0n) is 13.2. The number of hydrogen-bond donors (Lipinski definition) is 0. The molecule has 2 aliphatic rings. The van der Waals surface area contributed by atoms with Gasteiger partial charge in [-0.25, -0.2) is 0 Å². The van der Waals surface area contributed by atoms with E-state index in [-0.39, 0.29) is 0 Å². The molecule has 114 valence electrons. The van der Waals surface area contributed by atoms with Gasteiger partial charge in [-0.2, -0.15) is 0 Å². The summed E-state index contributed by atoms with van der Waals surface area (Å²) in [5, 5.41) is 0. The smallest absolute Gasteiger partial charge is 0.0476 e. The number of piperidine rings is 1. The lowest BCUT2D eigenvalue weighted by atomic mass is 9.93. The summed E-state index contributed by atoms with van der Waals surface area (Å²) in [4.78, 5) is 5.47. The van der Waals surface area contributed by atoms with Gasteiger partial charge in [0, 0.05) is 31.7 Å². The lowest BCUT2D eigenvalue weighted by Crippen LogP contribution is -2.56. The molecule has 0 aliphatic carbocycles. The molecule has 2 saturated heterocycles. The molecule has 0 N–H and O–H groups in total. The van der Waals surface area contributed by atoms with E-state index in [4.69, 9.17) is 0 Å². The largest absolute Gasteiger partial charge is 0.297 e. The summed E-state index contributed by atoms with van der Waals surface area (Å²) < 4.78 is 0. The molecule has 2 nitrogen and oxygen atoms in total. The second kappa shape index (κ2) is 7.24. The fourth-order valence-electron chi connectivity index (χ4n) is 3.89. The van der Waals surface area contributed by atoms with Gasteiger partial charge in [-0.3, -0.25) is 9.80 Å². The standard InChI is InChI=1S/C19H28N2/c1-2-3-8-14-21-15-18-12-7-9-13-20(18)16-19(21)17-10-5-4-6-11-17/h2-6,10-11,18-19H,7-9,12-16H2,1H3/b3-2+. The van der Waals surface area contributed by atoms with Gasteiger partial charge in [-0.15, -0.1) is 0 Å². The maximum Gasteiger partial charge on any atom is 0.0476 e. The van der Waals surface area contributed by atoms with Crippen LogP contribution in [-0.2, 0) is 0 Å². The summed E-state index contributed by atoms with van der Waals surface area (Å²) in [5.41, 5.74) is 1.49. The molecule has 2 unspecified atom stereocenters. The number of benzene rings is 1. The third-order valence-corrected chi connectivity index (χ3v) is 5.05. The van der Waals surface area contributed by atoms with Crippen molar-refractivity contribution in [3.63, 3.8) is 0 Å². The predicted molar refractivity (Wildman–Crippen MR) is 89.4 cm³/mol. The van der Waals surface area contributed by atoms with Gasteiger partial charge < -0.3 is 0 Å². The summed E-state index contributed by atoms with van der Waals surface area (Å²) in [6.45, 7) is 7.07. The Morgan fingerprint density at radius 3 is 2.81 bits per heavy atom. The van der Waals surface area contributed by atoms with Crippen molar-refractivity contribution in [3.05, 3.63) is 48.0 Å². The van der Waals surface area contributed by atoms with Gasteiger partial charge in [0.25, 0.3) is 0 Å². The van der Waals surface area contributed by atoms with Crippen LogP contribution in [0.25, 0.3) is 0 Å². The van der Waals surface area contributed by atoms with Crippen LogP contribution in [0, 0.1) is 0 Å². The molecular formula is C19H28N2. The van der Waals surface area contributed by atoms with E-state index in [1.54, 1.807) is 0 Å². The summed E-state index contributed by atoms with van der Waals surface area (Å²) in [6, 6.07) is 12.5. The van der Waals surface area contributed by atoms with E-state index in [2.05, 4.69) is 59.2 Å². The zero-order valence-corrected chi connectivity index (χ0v) is 13.2. The molecule has 2 heterocycles. The van der Waals surface area contributed by atoms with Gasteiger partial charge in [0.15, 0.2) is 0 Å². The van der Waals surface area contributed by atoms with Gasteiger partial charge in [0.1, 0.15) is 0 Å². The quantitative estimate of drug-likeness (QED) is 0.775. The third kappa shape index (κ3) is 3.56. The minimum atomic E-state index is 0.575. The molecule has 0 aromatic heterocycles. The van der Waals surface area contributed by atoms with Crippen LogP contribution in [-0.4, -0.2) is 42.0 Å². The Morgan fingerprint density at radius 2 is 2.00 bits per heavy atom. The fourth-order valence-corrected chi connectivity index (χ4v) is 3.89. The van der Waals surface area contributed by atoms with Crippen molar-refractivity contribution in [2.75, 3.05) is 26.2 Å². The van der Waals surface area contributed by atoms with Crippen LogP contribution in [0.2, 0.25) is 0 Å². The maximum atomic E-state index is 2.74. The predicted octanol–water partition coefficient (Wildman–Crippen LogP) is 3.86. The van der Waals surface area contributed by atoms with Crippen molar-refractivity contribution in [1.29, 1.82) is 0 Å². The average molecular weight is 284 g/mol. The summed E-state index contributed by atoms with van der Waals surface area (Å²) in [5.74, 6) is 0. The SMILES string of the molecule is C/C=C/CCN1CC2CCCCN2CC1c1ccccc1. The molecule has 21 heavy (non-hydrogen) atoms. The first-order chi connectivity index (χ1) is 10.4. The van der Waals surface area contributed by atoms with Crippen LogP contribution in [0.4, 0.5) is 0 Å². The molecule has 3 rings (SSSR count). The lowest BCUT2D eigenvalue weighted by Gasteiger charge is -2.48. The monoisotopic (exact) mass is 284 g/mol. The van der Waals surface area contributed by atoms with Gasteiger partial charge in [0.05, 0.1) is 0 Å². The van der Waals surface area contributed by atoms with Crippen LogP contribution in [0.5, 0.6) is 0 Å². The van der Waals surface area contributed by atoms with E-state index in [0.717, 1.165) is 6.04 Å². The normalized spacial score (nSPS) is 27.9.